The average molecular weight is 468 g/mol. The van der Waals surface area contributed by atoms with E-state index in [1.54, 1.807) is 29.5 Å². The van der Waals surface area contributed by atoms with E-state index in [0.29, 0.717) is 16.4 Å². The minimum atomic E-state index is -0.187. The monoisotopic (exact) mass is 467 g/mol. The molecule has 0 saturated heterocycles. The second-order valence-electron chi connectivity index (χ2n) is 6.73. The fourth-order valence-electron chi connectivity index (χ4n) is 3.02. The van der Waals surface area contributed by atoms with E-state index in [1.165, 1.54) is 18.3 Å². The third kappa shape index (κ3) is 5.19. The number of rotatable bonds is 6. The van der Waals surface area contributed by atoms with E-state index in [4.69, 9.17) is 16.6 Å². The second-order valence-corrected chi connectivity index (χ2v) is 9.17. The Bertz CT molecular complexity index is 1220. The molecule has 8 heteroatoms. The molecule has 0 aliphatic carbocycles. The highest BCUT2D eigenvalue weighted by Gasteiger charge is 2.18. The van der Waals surface area contributed by atoms with E-state index in [-0.39, 0.29) is 18.2 Å². The van der Waals surface area contributed by atoms with Gasteiger partial charge in [-0.3, -0.25) is 9.59 Å². The van der Waals surface area contributed by atoms with Crippen LogP contribution < -0.4 is 10.6 Å². The van der Waals surface area contributed by atoms with Gasteiger partial charge in [-0.1, -0.05) is 48.0 Å². The second kappa shape index (κ2) is 9.43. The van der Waals surface area contributed by atoms with E-state index < -0.39 is 0 Å². The van der Waals surface area contributed by atoms with Crippen molar-refractivity contribution in [2.75, 3.05) is 10.6 Å². The molecule has 31 heavy (non-hydrogen) atoms. The molecule has 0 aliphatic heterocycles. The summed E-state index contributed by atoms with van der Waals surface area (Å²) < 4.78 is 0. The first-order chi connectivity index (χ1) is 15.0. The van der Waals surface area contributed by atoms with Crippen molar-refractivity contribution in [3.8, 4) is 21.1 Å². The Kier molecular flexibility index (Phi) is 6.46. The molecule has 0 bridgehead atoms. The average Bonchev–Trinajstić information content (AvgIpc) is 3.40. The summed E-state index contributed by atoms with van der Waals surface area (Å²) in [6.07, 6.45) is 0.182. The Labute approximate surface area is 192 Å². The fourth-order valence-corrected chi connectivity index (χ4v) is 5.13. The van der Waals surface area contributed by atoms with Crippen LogP contribution in [0.15, 0.2) is 66.0 Å². The summed E-state index contributed by atoms with van der Waals surface area (Å²) in [5.74, 6) is -0.372. The van der Waals surface area contributed by atoms with Crippen molar-refractivity contribution in [1.82, 2.24) is 4.98 Å². The van der Waals surface area contributed by atoms with Crippen LogP contribution in [0.4, 0.5) is 11.4 Å². The number of amides is 2. The van der Waals surface area contributed by atoms with Crippen LogP contribution in [0.3, 0.4) is 0 Å². The van der Waals surface area contributed by atoms with Gasteiger partial charge in [-0.05, 0) is 29.6 Å². The van der Waals surface area contributed by atoms with Gasteiger partial charge in [0.05, 0.1) is 27.7 Å². The van der Waals surface area contributed by atoms with Gasteiger partial charge in [0.2, 0.25) is 11.8 Å². The maximum absolute atomic E-state index is 12.8. The van der Waals surface area contributed by atoms with E-state index in [9.17, 15) is 9.59 Å². The minimum Gasteiger partial charge on any atom is -0.326 e. The minimum absolute atomic E-state index is 0.182. The van der Waals surface area contributed by atoms with Crippen LogP contribution in [0.25, 0.3) is 21.1 Å². The number of thiazole rings is 1. The van der Waals surface area contributed by atoms with Crippen LogP contribution in [-0.4, -0.2) is 16.8 Å². The molecular formula is C23H18ClN3O2S2. The SMILES string of the molecule is CC(=O)Nc1ccc(NC(=O)Cc2sc(-c3ccccc3)nc2-c2cccs2)c(Cl)c1. The Morgan fingerprint density at radius 1 is 1.03 bits per heavy atom. The molecule has 0 radical (unpaired) electrons. The molecule has 2 aromatic heterocycles. The van der Waals surface area contributed by atoms with Gasteiger partial charge in [-0.25, -0.2) is 4.98 Å². The number of halogens is 1. The molecule has 0 saturated carbocycles. The first kappa shape index (κ1) is 21.2. The zero-order valence-electron chi connectivity index (χ0n) is 16.5. The smallest absolute Gasteiger partial charge is 0.229 e. The Hall–Kier alpha value is -3.00. The molecule has 2 heterocycles. The molecule has 0 aliphatic rings. The number of anilines is 2. The molecule has 0 unspecified atom stereocenters. The van der Waals surface area contributed by atoms with E-state index in [2.05, 4.69) is 10.6 Å². The Morgan fingerprint density at radius 3 is 2.52 bits per heavy atom. The number of hydrogen-bond acceptors (Lipinski definition) is 5. The molecule has 4 aromatic rings. The summed E-state index contributed by atoms with van der Waals surface area (Å²) in [6.45, 7) is 1.42. The molecule has 5 nitrogen and oxygen atoms in total. The molecule has 2 N–H and O–H groups in total. The topological polar surface area (TPSA) is 71.1 Å². The van der Waals surface area contributed by atoms with Crippen LogP contribution >= 0.6 is 34.3 Å². The molecular weight excluding hydrogens is 450 g/mol. The molecule has 0 atom stereocenters. The third-order valence-electron chi connectivity index (χ3n) is 4.36. The first-order valence-corrected chi connectivity index (χ1v) is 11.5. The van der Waals surface area contributed by atoms with E-state index >= 15 is 0 Å². The van der Waals surface area contributed by atoms with Crippen molar-refractivity contribution in [3.05, 3.63) is 75.9 Å². The molecule has 156 valence electrons. The summed E-state index contributed by atoms with van der Waals surface area (Å²) >= 11 is 9.40. The predicted molar refractivity (Wildman–Crippen MR) is 129 cm³/mol. The van der Waals surface area contributed by atoms with Gasteiger partial charge in [-0.2, -0.15) is 0 Å². The maximum atomic E-state index is 12.8. The predicted octanol–water partition coefficient (Wildman–Crippen LogP) is 6.33. The summed E-state index contributed by atoms with van der Waals surface area (Å²) in [5.41, 5.74) is 2.92. The molecule has 2 amide bonds. The van der Waals surface area contributed by atoms with Gasteiger partial charge >= 0.3 is 0 Å². The van der Waals surface area contributed by atoms with Crippen LogP contribution in [0.5, 0.6) is 0 Å². The standard InChI is InChI=1S/C23H18ClN3O2S2/c1-14(28)25-16-9-10-18(17(24)12-16)26-21(29)13-20-22(19-8-5-11-30-19)27-23(31-20)15-6-3-2-4-7-15/h2-12H,13H2,1H3,(H,25,28)(H,26,29). The van der Waals surface area contributed by atoms with Crippen molar-refractivity contribution in [2.45, 2.75) is 13.3 Å². The summed E-state index contributed by atoms with van der Waals surface area (Å²) in [6, 6.07) is 18.9. The number of nitrogens with zero attached hydrogens (tertiary/aromatic N) is 1. The van der Waals surface area contributed by atoms with Crippen molar-refractivity contribution in [3.63, 3.8) is 0 Å². The quantitative estimate of drug-likeness (QED) is 0.348. The highest BCUT2D eigenvalue weighted by Crippen LogP contribution is 2.36. The fraction of sp³-hybridized carbons (Fsp3) is 0.0870. The van der Waals surface area contributed by atoms with Crippen molar-refractivity contribution in [1.29, 1.82) is 0 Å². The summed E-state index contributed by atoms with van der Waals surface area (Å²) in [5, 5.41) is 8.76. The number of carbonyl (C=O) groups is 2. The van der Waals surface area contributed by atoms with Gasteiger partial charge in [-0.15, -0.1) is 22.7 Å². The number of nitrogens with one attached hydrogen (secondary N) is 2. The highest BCUT2D eigenvalue weighted by atomic mass is 35.5. The van der Waals surface area contributed by atoms with E-state index in [1.807, 2.05) is 47.8 Å². The lowest BCUT2D eigenvalue weighted by atomic mass is 10.2. The lowest BCUT2D eigenvalue weighted by Gasteiger charge is -2.09. The first-order valence-electron chi connectivity index (χ1n) is 9.45. The molecule has 0 spiro atoms. The van der Waals surface area contributed by atoms with Gasteiger partial charge in [0.1, 0.15) is 5.01 Å². The zero-order valence-corrected chi connectivity index (χ0v) is 18.9. The van der Waals surface area contributed by atoms with Crippen molar-refractivity contribution in [2.24, 2.45) is 0 Å². The van der Waals surface area contributed by atoms with Crippen LogP contribution in [0, 0.1) is 0 Å². The normalized spacial score (nSPS) is 10.6. The summed E-state index contributed by atoms with van der Waals surface area (Å²) in [7, 11) is 0. The number of hydrogen-bond donors (Lipinski definition) is 2. The highest BCUT2D eigenvalue weighted by molar-refractivity contribution is 7.17. The molecule has 4 rings (SSSR count). The van der Waals surface area contributed by atoms with Crippen molar-refractivity contribution < 1.29 is 9.59 Å². The zero-order chi connectivity index (χ0) is 21.8. The van der Waals surface area contributed by atoms with Crippen molar-refractivity contribution >= 4 is 57.5 Å². The third-order valence-corrected chi connectivity index (χ3v) is 6.65. The van der Waals surface area contributed by atoms with E-state index in [0.717, 1.165) is 26.0 Å². The van der Waals surface area contributed by atoms with Crippen LogP contribution in [0.1, 0.15) is 11.8 Å². The molecule has 0 fully saturated rings. The van der Waals surface area contributed by atoms with Crippen LogP contribution in [0.2, 0.25) is 5.02 Å². The number of benzene rings is 2. The summed E-state index contributed by atoms with van der Waals surface area (Å²) in [4.78, 5) is 30.7. The van der Waals surface area contributed by atoms with Gasteiger partial charge in [0.25, 0.3) is 0 Å². The number of carbonyl (C=O) groups excluding carboxylic acids is 2. The van der Waals surface area contributed by atoms with Gasteiger partial charge < -0.3 is 10.6 Å². The maximum Gasteiger partial charge on any atom is 0.229 e. The largest absolute Gasteiger partial charge is 0.326 e. The van der Waals surface area contributed by atoms with Gasteiger partial charge in [0, 0.05) is 23.1 Å². The lowest BCUT2D eigenvalue weighted by molar-refractivity contribution is -0.116. The number of aromatic nitrogens is 1. The molecule has 2 aromatic carbocycles. The Balaban J connectivity index is 1.56. The lowest BCUT2D eigenvalue weighted by Crippen LogP contribution is -2.14. The van der Waals surface area contributed by atoms with Gasteiger partial charge in [0.15, 0.2) is 0 Å². The van der Waals surface area contributed by atoms with Crippen LogP contribution in [-0.2, 0) is 16.0 Å². The number of thiophene rings is 1. The Morgan fingerprint density at radius 2 is 1.84 bits per heavy atom.